The standard InChI is InChI=1S/C18H30N2O2/c1-4-15-12-16(22-5-2)6-7-17(15)18(21)14(3)13-20-10-8-19-9-11-20/h6-7,12,14,18-19,21H,4-5,8-11,13H2,1-3H3. The molecule has 0 aliphatic carbocycles. The van der Waals surface area contributed by atoms with Crippen LogP contribution in [0.2, 0.25) is 0 Å². The highest BCUT2D eigenvalue weighted by Gasteiger charge is 2.22. The summed E-state index contributed by atoms with van der Waals surface area (Å²) >= 11 is 0. The van der Waals surface area contributed by atoms with Crippen LogP contribution in [0.4, 0.5) is 0 Å². The van der Waals surface area contributed by atoms with Crippen molar-refractivity contribution in [2.24, 2.45) is 5.92 Å². The van der Waals surface area contributed by atoms with Gasteiger partial charge in [-0.25, -0.2) is 0 Å². The minimum Gasteiger partial charge on any atom is -0.494 e. The molecule has 0 amide bonds. The van der Waals surface area contributed by atoms with E-state index >= 15 is 0 Å². The fourth-order valence-corrected chi connectivity index (χ4v) is 3.14. The monoisotopic (exact) mass is 306 g/mol. The average molecular weight is 306 g/mol. The second kappa shape index (κ2) is 8.51. The predicted octanol–water partition coefficient (Wildman–Crippen LogP) is 2.22. The molecule has 1 aliphatic rings. The largest absolute Gasteiger partial charge is 0.494 e. The molecule has 0 saturated carbocycles. The lowest BCUT2D eigenvalue weighted by atomic mass is 9.92. The Morgan fingerprint density at radius 2 is 2.00 bits per heavy atom. The highest BCUT2D eigenvalue weighted by Crippen LogP contribution is 2.29. The Hall–Kier alpha value is -1.10. The van der Waals surface area contributed by atoms with E-state index < -0.39 is 6.10 Å². The predicted molar refractivity (Wildman–Crippen MR) is 90.4 cm³/mol. The molecular weight excluding hydrogens is 276 g/mol. The van der Waals surface area contributed by atoms with E-state index in [2.05, 4.69) is 30.1 Å². The van der Waals surface area contributed by atoms with Crippen molar-refractivity contribution >= 4 is 0 Å². The van der Waals surface area contributed by atoms with Crippen molar-refractivity contribution in [2.75, 3.05) is 39.3 Å². The van der Waals surface area contributed by atoms with E-state index in [9.17, 15) is 5.11 Å². The Balaban J connectivity index is 2.04. The van der Waals surface area contributed by atoms with E-state index in [4.69, 9.17) is 4.74 Å². The second-order valence-electron chi connectivity index (χ2n) is 6.12. The van der Waals surface area contributed by atoms with E-state index in [0.29, 0.717) is 6.61 Å². The highest BCUT2D eigenvalue weighted by molar-refractivity contribution is 5.37. The van der Waals surface area contributed by atoms with Gasteiger partial charge < -0.3 is 20.1 Å². The molecule has 0 bridgehead atoms. The SMILES string of the molecule is CCOc1ccc(C(O)C(C)CN2CCNCC2)c(CC)c1. The average Bonchev–Trinajstić information content (AvgIpc) is 2.55. The Kier molecular flexibility index (Phi) is 6.68. The van der Waals surface area contributed by atoms with E-state index in [-0.39, 0.29) is 5.92 Å². The maximum Gasteiger partial charge on any atom is 0.119 e. The molecule has 2 rings (SSSR count). The van der Waals surface area contributed by atoms with Gasteiger partial charge in [0.25, 0.3) is 0 Å². The Morgan fingerprint density at radius 3 is 2.64 bits per heavy atom. The van der Waals surface area contributed by atoms with E-state index in [0.717, 1.165) is 50.5 Å². The van der Waals surface area contributed by atoms with Gasteiger partial charge in [-0.15, -0.1) is 0 Å². The summed E-state index contributed by atoms with van der Waals surface area (Å²) in [5.74, 6) is 1.12. The molecule has 22 heavy (non-hydrogen) atoms. The summed E-state index contributed by atoms with van der Waals surface area (Å²) in [6, 6.07) is 6.07. The first-order valence-electron chi connectivity index (χ1n) is 8.52. The topological polar surface area (TPSA) is 44.7 Å². The maximum absolute atomic E-state index is 10.8. The summed E-state index contributed by atoms with van der Waals surface area (Å²) in [7, 11) is 0. The first-order chi connectivity index (χ1) is 10.7. The van der Waals surface area contributed by atoms with E-state index in [1.165, 1.54) is 5.56 Å². The number of benzene rings is 1. The smallest absolute Gasteiger partial charge is 0.119 e. The van der Waals surface area contributed by atoms with Gasteiger partial charge in [0.15, 0.2) is 0 Å². The van der Waals surface area contributed by atoms with E-state index in [1.54, 1.807) is 0 Å². The molecule has 1 aromatic rings. The third-order valence-corrected chi connectivity index (χ3v) is 4.42. The summed E-state index contributed by atoms with van der Waals surface area (Å²) in [5, 5.41) is 14.1. The Bertz CT molecular complexity index is 458. The Morgan fingerprint density at radius 1 is 1.27 bits per heavy atom. The van der Waals surface area contributed by atoms with Crippen LogP contribution in [0.3, 0.4) is 0 Å². The highest BCUT2D eigenvalue weighted by atomic mass is 16.5. The zero-order valence-electron chi connectivity index (χ0n) is 14.1. The van der Waals surface area contributed by atoms with Crippen molar-refractivity contribution in [2.45, 2.75) is 33.3 Å². The lowest BCUT2D eigenvalue weighted by molar-refractivity contribution is 0.0835. The lowest BCUT2D eigenvalue weighted by Crippen LogP contribution is -2.45. The van der Waals surface area contributed by atoms with Crippen LogP contribution >= 0.6 is 0 Å². The van der Waals surface area contributed by atoms with Crippen molar-refractivity contribution in [1.29, 1.82) is 0 Å². The molecule has 0 radical (unpaired) electrons. The number of ether oxygens (including phenoxy) is 1. The number of rotatable bonds is 7. The van der Waals surface area contributed by atoms with Crippen molar-refractivity contribution in [3.8, 4) is 5.75 Å². The Labute approximate surface area is 134 Å². The quantitative estimate of drug-likeness (QED) is 0.811. The van der Waals surface area contributed by atoms with Crippen LogP contribution in [-0.2, 0) is 6.42 Å². The summed E-state index contributed by atoms with van der Waals surface area (Å²) in [5.41, 5.74) is 2.24. The molecule has 1 aromatic carbocycles. The minimum atomic E-state index is -0.416. The van der Waals surface area contributed by atoms with Gasteiger partial charge in [-0.05, 0) is 42.5 Å². The maximum atomic E-state index is 10.8. The van der Waals surface area contributed by atoms with Gasteiger partial charge in [0.05, 0.1) is 12.7 Å². The normalized spacial score (nSPS) is 18.9. The second-order valence-corrected chi connectivity index (χ2v) is 6.12. The molecule has 2 unspecified atom stereocenters. The number of aliphatic hydroxyl groups excluding tert-OH is 1. The first kappa shape index (κ1) is 17.3. The summed E-state index contributed by atoms with van der Waals surface area (Å²) in [4.78, 5) is 2.44. The molecule has 2 atom stereocenters. The molecule has 0 spiro atoms. The van der Waals surface area contributed by atoms with Gasteiger partial charge in [0, 0.05) is 32.7 Å². The molecule has 1 heterocycles. The molecule has 1 aliphatic heterocycles. The number of aryl methyl sites for hydroxylation is 1. The van der Waals surface area contributed by atoms with Crippen molar-refractivity contribution < 1.29 is 9.84 Å². The van der Waals surface area contributed by atoms with Crippen LogP contribution in [0, 0.1) is 5.92 Å². The fourth-order valence-electron chi connectivity index (χ4n) is 3.14. The molecule has 4 nitrogen and oxygen atoms in total. The van der Waals surface area contributed by atoms with Crippen molar-refractivity contribution in [3.05, 3.63) is 29.3 Å². The third kappa shape index (κ3) is 4.45. The van der Waals surface area contributed by atoms with Gasteiger partial charge in [-0.2, -0.15) is 0 Å². The van der Waals surface area contributed by atoms with Crippen LogP contribution < -0.4 is 10.1 Å². The molecule has 1 saturated heterocycles. The van der Waals surface area contributed by atoms with Gasteiger partial charge in [-0.3, -0.25) is 0 Å². The molecule has 124 valence electrons. The van der Waals surface area contributed by atoms with Crippen molar-refractivity contribution in [1.82, 2.24) is 10.2 Å². The van der Waals surface area contributed by atoms with Crippen LogP contribution in [0.1, 0.15) is 38.0 Å². The molecule has 4 heteroatoms. The molecule has 0 aromatic heterocycles. The molecule has 2 N–H and O–H groups in total. The summed E-state index contributed by atoms with van der Waals surface area (Å²) in [6.45, 7) is 12.1. The number of hydrogen-bond acceptors (Lipinski definition) is 4. The lowest BCUT2D eigenvalue weighted by Gasteiger charge is -2.32. The van der Waals surface area contributed by atoms with Crippen LogP contribution in [0.15, 0.2) is 18.2 Å². The number of aliphatic hydroxyl groups is 1. The fraction of sp³-hybridized carbons (Fsp3) is 0.667. The molecule has 1 fully saturated rings. The molecular formula is C18H30N2O2. The van der Waals surface area contributed by atoms with Gasteiger partial charge in [0.2, 0.25) is 0 Å². The number of nitrogens with zero attached hydrogens (tertiary/aromatic N) is 1. The summed E-state index contributed by atoms with van der Waals surface area (Å²) < 4.78 is 5.57. The third-order valence-electron chi connectivity index (χ3n) is 4.42. The van der Waals surface area contributed by atoms with Crippen LogP contribution in [0.25, 0.3) is 0 Å². The van der Waals surface area contributed by atoms with Gasteiger partial charge in [-0.1, -0.05) is 19.9 Å². The zero-order chi connectivity index (χ0) is 15.9. The minimum absolute atomic E-state index is 0.223. The number of nitrogens with one attached hydrogen (secondary N) is 1. The van der Waals surface area contributed by atoms with Gasteiger partial charge >= 0.3 is 0 Å². The van der Waals surface area contributed by atoms with Crippen molar-refractivity contribution in [3.63, 3.8) is 0 Å². The zero-order valence-corrected chi connectivity index (χ0v) is 14.1. The van der Waals surface area contributed by atoms with E-state index in [1.807, 2.05) is 19.1 Å². The van der Waals surface area contributed by atoms with Crippen LogP contribution in [-0.4, -0.2) is 49.3 Å². The first-order valence-corrected chi connectivity index (χ1v) is 8.52. The number of hydrogen-bond donors (Lipinski definition) is 2. The number of piperazine rings is 1. The summed E-state index contributed by atoms with van der Waals surface area (Å²) in [6.07, 6.45) is 0.494. The van der Waals surface area contributed by atoms with Crippen LogP contribution in [0.5, 0.6) is 5.75 Å². The van der Waals surface area contributed by atoms with Gasteiger partial charge in [0.1, 0.15) is 5.75 Å².